The normalized spacial score (nSPS) is 19.4. The summed E-state index contributed by atoms with van der Waals surface area (Å²) in [6, 6.07) is 4.01. The Balaban J connectivity index is 2.08. The van der Waals surface area contributed by atoms with Crippen LogP contribution in [0.1, 0.15) is 32.9 Å². The van der Waals surface area contributed by atoms with E-state index in [1.54, 1.807) is 0 Å². The molecule has 2 rings (SSSR count). The second-order valence-electron chi connectivity index (χ2n) is 5.62. The maximum Gasteiger partial charge on any atom is 0.128 e. The molecule has 1 fully saturated rings. The molecular weight excluding hydrogens is 258 g/mol. The third kappa shape index (κ3) is 3.61. The quantitative estimate of drug-likeness (QED) is 0.897. The van der Waals surface area contributed by atoms with E-state index in [2.05, 4.69) is 31.0 Å². The van der Waals surface area contributed by atoms with Crippen molar-refractivity contribution < 1.29 is 0 Å². The maximum atomic E-state index is 6.20. The zero-order valence-corrected chi connectivity index (χ0v) is 12.9. The summed E-state index contributed by atoms with van der Waals surface area (Å²) < 4.78 is 0. The fourth-order valence-electron chi connectivity index (χ4n) is 2.56. The van der Waals surface area contributed by atoms with Crippen molar-refractivity contribution in [3.63, 3.8) is 0 Å². The van der Waals surface area contributed by atoms with Crippen LogP contribution in [-0.2, 0) is 6.54 Å². The highest BCUT2D eigenvalue weighted by molar-refractivity contribution is 6.31. The van der Waals surface area contributed by atoms with Gasteiger partial charge in [-0.2, -0.15) is 0 Å². The molecule has 1 aliphatic rings. The van der Waals surface area contributed by atoms with Gasteiger partial charge >= 0.3 is 0 Å². The number of hydrogen-bond donors (Lipinski definition) is 1. The predicted molar refractivity (Wildman–Crippen MR) is 81.8 cm³/mol. The van der Waals surface area contributed by atoms with E-state index in [4.69, 9.17) is 16.6 Å². The summed E-state index contributed by atoms with van der Waals surface area (Å²) in [5.74, 6) is 2.61. The number of pyridine rings is 1. The lowest BCUT2D eigenvalue weighted by atomic mass is 9.95. The molecule has 0 saturated carbocycles. The first kappa shape index (κ1) is 14.6. The van der Waals surface area contributed by atoms with Gasteiger partial charge in [0.25, 0.3) is 0 Å². The van der Waals surface area contributed by atoms with E-state index in [1.807, 2.05) is 12.1 Å². The van der Waals surface area contributed by atoms with Crippen LogP contribution in [0.2, 0.25) is 5.02 Å². The molecule has 1 saturated heterocycles. The van der Waals surface area contributed by atoms with E-state index in [0.717, 1.165) is 54.5 Å². The number of hydrogen-bond acceptors (Lipinski definition) is 3. The molecule has 1 aliphatic heterocycles. The molecule has 0 amide bonds. The Morgan fingerprint density at radius 2 is 2.26 bits per heavy atom. The molecule has 3 nitrogen and oxygen atoms in total. The Bertz CT molecular complexity index is 420. The molecule has 0 aliphatic carbocycles. The van der Waals surface area contributed by atoms with Crippen LogP contribution >= 0.6 is 11.6 Å². The minimum atomic E-state index is 0.741. The average molecular weight is 282 g/mol. The lowest BCUT2D eigenvalue weighted by Crippen LogP contribution is -2.23. The highest BCUT2D eigenvalue weighted by Gasteiger charge is 2.25. The Kier molecular flexibility index (Phi) is 5.06. The number of nitrogens with one attached hydrogen (secondary N) is 1. The molecule has 1 N–H and O–H groups in total. The molecule has 1 unspecified atom stereocenters. The van der Waals surface area contributed by atoms with Gasteiger partial charge in [0, 0.05) is 19.6 Å². The first-order valence-electron chi connectivity index (χ1n) is 7.23. The molecule has 19 heavy (non-hydrogen) atoms. The molecule has 0 bridgehead atoms. The van der Waals surface area contributed by atoms with E-state index < -0.39 is 0 Å². The van der Waals surface area contributed by atoms with E-state index in [1.165, 1.54) is 6.42 Å². The Morgan fingerprint density at radius 3 is 2.89 bits per heavy atom. The van der Waals surface area contributed by atoms with Crippen molar-refractivity contribution in [2.45, 2.75) is 33.7 Å². The monoisotopic (exact) mass is 281 g/mol. The van der Waals surface area contributed by atoms with Crippen LogP contribution < -0.4 is 10.2 Å². The van der Waals surface area contributed by atoms with Crippen molar-refractivity contribution in [3.8, 4) is 0 Å². The number of anilines is 1. The van der Waals surface area contributed by atoms with Gasteiger partial charge in [-0.15, -0.1) is 0 Å². The third-order valence-electron chi connectivity index (χ3n) is 3.94. The fourth-order valence-corrected chi connectivity index (χ4v) is 2.73. The minimum Gasteiger partial charge on any atom is -0.356 e. The topological polar surface area (TPSA) is 28.2 Å². The summed E-state index contributed by atoms with van der Waals surface area (Å²) in [5, 5.41) is 4.04. The maximum absolute atomic E-state index is 6.20. The van der Waals surface area contributed by atoms with Crippen LogP contribution in [0, 0.1) is 11.8 Å². The average Bonchev–Trinajstić information content (AvgIpc) is 2.87. The van der Waals surface area contributed by atoms with E-state index >= 15 is 0 Å². The molecule has 0 radical (unpaired) electrons. The van der Waals surface area contributed by atoms with Gasteiger partial charge in [-0.05, 0) is 36.9 Å². The predicted octanol–water partition coefficient (Wildman–Crippen LogP) is 3.33. The zero-order valence-electron chi connectivity index (χ0n) is 12.1. The molecule has 1 aromatic rings. The molecule has 106 valence electrons. The van der Waals surface area contributed by atoms with Crippen molar-refractivity contribution >= 4 is 17.4 Å². The lowest BCUT2D eigenvalue weighted by Gasteiger charge is -2.20. The number of aromatic nitrogens is 1. The second kappa shape index (κ2) is 6.58. The zero-order chi connectivity index (χ0) is 13.8. The summed E-state index contributed by atoms with van der Waals surface area (Å²) >= 11 is 6.20. The molecular formula is C15H24ClN3. The van der Waals surface area contributed by atoms with Crippen molar-refractivity contribution in [2.24, 2.45) is 11.8 Å². The van der Waals surface area contributed by atoms with Crippen molar-refractivity contribution in [1.82, 2.24) is 10.3 Å². The highest BCUT2D eigenvalue weighted by atomic mass is 35.5. The van der Waals surface area contributed by atoms with E-state index in [9.17, 15) is 0 Å². The van der Waals surface area contributed by atoms with Crippen LogP contribution in [0.15, 0.2) is 12.1 Å². The fraction of sp³-hybridized carbons (Fsp3) is 0.667. The molecule has 0 aromatic carbocycles. The Hall–Kier alpha value is -0.800. The molecule has 2 heterocycles. The Morgan fingerprint density at radius 1 is 1.47 bits per heavy atom. The van der Waals surface area contributed by atoms with Crippen LogP contribution in [0.4, 0.5) is 5.82 Å². The van der Waals surface area contributed by atoms with Gasteiger partial charge < -0.3 is 10.2 Å². The first-order valence-corrected chi connectivity index (χ1v) is 7.60. The van der Waals surface area contributed by atoms with Crippen molar-refractivity contribution in [2.75, 3.05) is 24.5 Å². The van der Waals surface area contributed by atoms with Crippen LogP contribution in [-0.4, -0.2) is 24.6 Å². The largest absolute Gasteiger partial charge is 0.356 e. The summed E-state index contributed by atoms with van der Waals surface area (Å²) in [6.45, 7) is 10.6. The number of rotatable bonds is 5. The van der Waals surface area contributed by atoms with Gasteiger partial charge in [0.2, 0.25) is 0 Å². The van der Waals surface area contributed by atoms with Crippen molar-refractivity contribution in [3.05, 3.63) is 22.8 Å². The summed E-state index contributed by atoms with van der Waals surface area (Å²) in [6.07, 6.45) is 1.27. The molecule has 1 aromatic heterocycles. The van der Waals surface area contributed by atoms with Crippen LogP contribution in [0.25, 0.3) is 0 Å². The first-order chi connectivity index (χ1) is 9.11. The van der Waals surface area contributed by atoms with Gasteiger partial charge in [-0.3, -0.25) is 0 Å². The standard InChI is InChI=1S/C15H24ClN3/c1-4-17-9-14-13(16)5-6-15(18-14)19-8-7-12(10-19)11(2)3/h5-6,11-12,17H,4,7-10H2,1-3H3. The molecule has 0 spiro atoms. The molecule has 4 heteroatoms. The third-order valence-corrected chi connectivity index (χ3v) is 4.28. The SMILES string of the molecule is CCNCc1nc(N2CCC(C(C)C)C2)ccc1Cl. The van der Waals surface area contributed by atoms with Gasteiger partial charge in [0.05, 0.1) is 10.7 Å². The van der Waals surface area contributed by atoms with Crippen LogP contribution in [0.5, 0.6) is 0 Å². The van der Waals surface area contributed by atoms with Gasteiger partial charge in [0.1, 0.15) is 5.82 Å². The van der Waals surface area contributed by atoms with E-state index in [-0.39, 0.29) is 0 Å². The van der Waals surface area contributed by atoms with Gasteiger partial charge in [-0.25, -0.2) is 4.98 Å². The number of halogens is 1. The lowest BCUT2D eigenvalue weighted by molar-refractivity contribution is 0.422. The smallest absolute Gasteiger partial charge is 0.128 e. The summed E-state index contributed by atoms with van der Waals surface area (Å²) in [7, 11) is 0. The Labute approximate surface area is 121 Å². The second-order valence-corrected chi connectivity index (χ2v) is 6.02. The van der Waals surface area contributed by atoms with Crippen molar-refractivity contribution in [1.29, 1.82) is 0 Å². The summed E-state index contributed by atoms with van der Waals surface area (Å²) in [4.78, 5) is 7.10. The van der Waals surface area contributed by atoms with Gasteiger partial charge in [0.15, 0.2) is 0 Å². The molecule has 1 atom stereocenters. The summed E-state index contributed by atoms with van der Waals surface area (Å²) in [5.41, 5.74) is 0.953. The number of nitrogens with zero attached hydrogens (tertiary/aromatic N) is 2. The van der Waals surface area contributed by atoms with Crippen LogP contribution in [0.3, 0.4) is 0 Å². The van der Waals surface area contributed by atoms with E-state index in [0.29, 0.717) is 0 Å². The van der Waals surface area contributed by atoms with Gasteiger partial charge in [-0.1, -0.05) is 32.4 Å². The minimum absolute atomic E-state index is 0.741. The highest BCUT2D eigenvalue weighted by Crippen LogP contribution is 2.28.